The lowest BCUT2D eigenvalue weighted by molar-refractivity contribution is 0.199. The molecule has 0 fully saturated rings. The Morgan fingerprint density at radius 2 is 1.76 bits per heavy atom. The first-order chi connectivity index (χ1) is 11.8. The molecule has 1 aromatic carbocycles. The van der Waals surface area contributed by atoms with Crippen molar-refractivity contribution < 1.29 is 5.11 Å². The van der Waals surface area contributed by atoms with Crippen LogP contribution in [0.2, 0.25) is 0 Å². The third-order valence-electron chi connectivity index (χ3n) is 4.28. The third-order valence-corrected chi connectivity index (χ3v) is 4.28. The number of nitrogens with zero attached hydrogens (tertiary/aromatic N) is 3. The van der Waals surface area contributed by atoms with Crippen LogP contribution >= 0.6 is 0 Å². The Kier molecular flexibility index (Phi) is 6.62. The Morgan fingerprint density at radius 3 is 2.28 bits per heavy atom. The van der Waals surface area contributed by atoms with Gasteiger partial charge in [-0.1, -0.05) is 38.1 Å². The molecule has 5 nitrogen and oxygen atoms in total. The van der Waals surface area contributed by atoms with Crippen LogP contribution in [0, 0.1) is 12.8 Å². The number of hydrogen-bond acceptors (Lipinski definition) is 4. The van der Waals surface area contributed by atoms with Gasteiger partial charge >= 0.3 is 0 Å². The minimum absolute atomic E-state index is 0.417. The van der Waals surface area contributed by atoms with E-state index in [1.807, 2.05) is 12.1 Å². The minimum atomic E-state index is -0.417. The first kappa shape index (κ1) is 19.5. The van der Waals surface area contributed by atoms with Crippen LogP contribution in [0.1, 0.15) is 49.3 Å². The summed E-state index contributed by atoms with van der Waals surface area (Å²) in [6.07, 6.45) is -0.417. The van der Waals surface area contributed by atoms with Crippen molar-refractivity contribution in [2.45, 2.75) is 53.4 Å². The van der Waals surface area contributed by atoms with Crippen molar-refractivity contribution in [1.29, 1.82) is 0 Å². The van der Waals surface area contributed by atoms with E-state index in [9.17, 15) is 5.11 Å². The van der Waals surface area contributed by atoms with Crippen LogP contribution in [0.25, 0.3) is 0 Å². The normalized spacial score (nSPS) is 12.6. The van der Waals surface area contributed by atoms with Gasteiger partial charge in [0.15, 0.2) is 0 Å². The summed E-state index contributed by atoms with van der Waals surface area (Å²) in [5.74, 6) is 1.74. The predicted octanol–water partition coefficient (Wildman–Crippen LogP) is 3.26. The summed E-state index contributed by atoms with van der Waals surface area (Å²) in [5, 5.41) is 17.9. The predicted molar refractivity (Wildman–Crippen MR) is 104 cm³/mol. The van der Waals surface area contributed by atoms with E-state index < -0.39 is 6.10 Å². The van der Waals surface area contributed by atoms with Crippen LogP contribution in [0.15, 0.2) is 24.3 Å². The molecule has 0 bridgehead atoms. The molecule has 0 saturated carbocycles. The number of aromatic nitrogens is 2. The van der Waals surface area contributed by atoms with Crippen molar-refractivity contribution in [3.8, 4) is 0 Å². The molecule has 0 spiro atoms. The van der Waals surface area contributed by atoms with E-state index in [-0.39, 0.29) is 0 Å². The number of nitrogens with one attached hydrogen (secondary N) is 1. The lowest BCUT2D eigenvalue weighted by Crippen LogP contribution is -2.20. The Hall–Kier alpha value is -1.85. The van der Waals surface area contributed by atoms with Crippen molar-refractivity contribution in [1.82, 2.24) is 15.1 Å². The molecule has 2 aromatic rings. The Bertz CT molecular complexity index is 672. The number of hydrogen-bond donors (Lipinski definition) is 2. The fraction of sp³-hybridized carbons (Fsp3) is 0.550. The second-order valence-corrected chi connectivity index (χ2v) is 7.38. The summed E-state index contributed by atoms with van der Waals surface area (Å²) in [4.78, 5) is 2.15. The SMILES string of the molecule is Cc1nn(CC(C)C)c(N(C)C)c1CNCc1ccc([C@H](C)O)cc1. The number of aliphatic hydroxyl groups is 1. The van der Waals surface area contributed by atoms with Gasteiger partial charge in [-0.15, -0.1) is 0 Å². The molecule has 0 unspecified atom stereocenters. The second kappa shape index (κ2) is 8.50. The molecule has 0 saturated heterocycles. The summed E-state index contributed by atoms with van der Waals surface area (Å²) in [6, 6.07) is 8.10. The smallest absolute Gasteiger partial charge is 0.131 e. The lowest BCUT2D eigenvalue weighted by Gasteiger charge is -2.18. The average molecular weight is 345 g/mol. The molecule has 2 N–H and O–H groups in total. The first-order valence-electron chi connectivity index (χ1n) is 9.00. The summed E-state index contributed by atoms with van der Waals surface area (Å²) in [6.45, 7) is 10.8. The lowest BCUT2D eigenvalue weighted by atomic mass is 10.1. The molecule has 1 aromatic heterocycles. The zero-order chi connectivity index (χ0) is 18.6. The summed E-state index contributed by atoms with van der Waals surface area (Å²) in [5.41, 5.74) is 4.50. The maximum Gasteiger partial charge on any atom is 0.131 e. The number of aryl methyl sites for hydroxylation is 1. The van der Waals surface area contributed by atoms with Crippen LogP contribution < -0.4 is 10.2 Å². The number of benzene rings is 1. The molecule has 1 atom stereocenters. The standard InChI is InChI=1S/C20H32N4O/c1-14(2)13-24-20(23(5)6)19(15(3)22-24)12-21-11-17-7-9-18(10-8-17)16(4)25/h7-10,14,16,21,25H,11-13H2,1-6H3/t16-/m0/s1. The number of aliphatic hydroxyl groups excluding tert-OH is 1. The molecule has 5 heteroatoms. The molecular formula is C20H32N4O. The molecule has 2 rings (SSSR count). The van der Waals surface area contributed by atoms with E-state index in [2.05, 4.69) is 61.9 Å². The Labute approximate surface area is 151 Å². The van der Waals surface area contributed by atoms with Crippen LogP contribution in [-0.4, -0.2) is 29.0 Å². The van der Waals surface area contributed by atoms with E-state index in [0.717, 1.165) is 30.9 Å². The highest BCUT2D eigenvalue weighted by molar-refractivity contribution is 5.49. The maximum atomic E-state index is 9.59. The molecule has 1 heterocycles. The van der Waals surface area contributed by atoms with E-state index >= 15 is 0 Å². The van der Waals surface area contributed by atoms with Gasteiger partial charge in [-0.25, -0.2) is 4.68 Å². The Morgan fingerprint density at radius 1 is 1.12 bits per heavy atom. The van der Waals surface area contributed by atoms with Crippen LogP contribution in [-0.2, 0) is 19.6 Å². The van der Waals surface area contributed by atoms with Gasteiger partial charge < -0.3 is 15.3 Å². The zero-order valence-corrected chi connectivity index (χ0v) is 16.4. The quantitative estimate of drug-likeness (QED) is 0.772. The number of anilines is 1. The highest BCUT2D eigenvalue weighted by atomic mass is 16.3. The fourth-order valence-electron chi connectivity index (χ4n) is 3.03. The minimum Gasteiger partial charge on any atom is -0.389 e. The largest absolute Gasteiger partial charge is 0.389 e. The highest BCUT2D eigenvalue weighted by Gasteiger charge is 2.17. The van der Waals surface area contributed by atoms with Crippen molar-refractivity contribution in [2.75, 3.05) is 19.0 Å². The topological polar surface area (TPSA) is 53.3 Å². The van der Waals surface area contributed by atoms with Gasteiger partial charge in [0.2, 0.25) is 0 Å². The van der Waals surface area contributed by atoms with Crippen molar-refractivity contribution >= 4 is 5.82 Å². The maximum absolute atomic E-state index is 9.59. The summed E-state index contributed by atoms with van der Waals surface area (Å²) in [7, 11) is 4.15. The third kappa shape index (κ3) is 5.06. The molecule has 0 aliphatic rings. The average Bonchev–Trinajstić information content (AvgIpc) is 2.82. The highest BCUT2D eigenvalue weighted by Crippen LogP contribution is 2.23. The summed E-state index contributed by atoms with van der Waals surface area (Å²) >= 11 is 0. The van der Waals surface area contributed by atoms with Crippen molar-refractivity contribution in [2.24, 2.45) is 5.92 Å². The first-order valence-corrected chi connectivity index (χ1v) is 9.00. The Balaban J connectivity index is 2.06. The van der Waals surface area contributed by atoms with E-state index in [1.54, 1.807) is 6.92 Å². The van der Waals surface area contributed by atoms with E-state index in [4.69, 9.17) is 5.10 Å². The number of rotatable bonds is 8. The summed E-state index contributed by atoms with van der Waals surface area (Å²) < 4.78 is 2.12. The van der Waals surface area contributed by atoms with Crippen molar-refractivity contribution in [3.05, 3.63) is 46.6 Å². The van der Waals surface area contributed by atoms with Gasteiger partial charge in [-0.2, -0.15) is 5.10 Å². The zero-order valence-electron chi connectivity index (χ0n) is 16.4. The van der Waals surface area contributed by atoms with Crippen LogP contribution in [0.5, 0.6) is 0 Å². The second-order valence-electron chi connectivity index (χ2n) is 7.38. The van der Waals surface area contributed by atoms with Crippen LogP contribution in [0.3, 0.4) is 0 Å². The molecule has 138 valence electrons. The molecule has 0 aliphatic carbocycles. The van der Waals surface area contributed by atoms with Gasteiger partial charge in [0.25, 0.3) is 0 Å². The van der Waals surface area contributed by atoms with Crippen molar-refractivity contribution in [3.63, 3.8) is 0 Å². The van der Waals surface area contributed by atoms with Gasteiger partial charge in [0, 0.05) is 39.3 Å². The van der Waals surface area contributed by atoms with Gasteiger partial charge in [0.05, 0.1) is 11.8 Å². The van der Waals surface area contributed by atoms with Gasteiger partial charge in [-0.3, -0.25) is 0 Å². The monoisotopic (exact) mass is 344 g/mol. The van der Waals surface area contributed by atoms with Gasteiger partial charge in [0.1, 0.15) is 5.82 Å². The molecular weight excluding hydrogens is 312 g/mol. The molecule has 0 radical (unpaired) electrons. The van der Waals surface area contributed by atoms with E-state index in [0.29, 0.717) is 5.92 Å². The molecule has 0 aliphatic heterocycles. The molecule has 0 amide bonds. The van der Waals surface area contributed by atoms with Gasteiger partial charge in [-0.05, 0) is 30.9 Å². The molecule has 25 heavy (non-hydrogen) atoms. The fourth-order valence-corrected chi connectivity index (χ4v) is 3.03. The van der Waals surface area contributed by atoms with Crippen LogP contribution in [0.4, 0.5) is 5.82 Å². The van der Waals surface area contributed by atoms with E-state index in [1.165, 1.54) is 16.9 Å².